The average molecular weight is 354 g/mol. The zero-order chi connectivity index (χ0) is 13.7. The second-order valence-corrected chi connectivity index (χ2v) is 8.36. The third-order valence-electron chi connectivity index (χ3n) is 4.42. The largest absolute Gasteiger partial charge is 0.381 e. The van der Waals surface area contributed by atoms with E-state index in [1.54, 1.807) is 0 Å². The van der Waals surface area contributed by atoms with Gasteiger partial charge in [-0.3, -0.25) is 0 Å². The molecule has 0 radical (unpaired) electrons. The molecule has 1 heterocycles. The molecule has 6 heteroatoms. The van der Waals surface area contributed by atoms with E-state index >= 15 is 0 Å². The number of sulfonamides is 1. The molecular weight excluding hydrogens is 330 g/mol. The van der Waals surface area contributed by atoms with E-state index < -0.39 is 10.0 Å². The normalized spacial score (nSPS) is 30.4. The number of rotatable bonds is 5. The van der Waals surface area contributed by atoms with Crippen molar-refractivity contribution in [2.45, 2.75) is 43.8 Å². The van der Waals surface area contributed by atoms with Gasteiger partial charge in [-0.05, 0) is 37.5 Å². The van der Waals surface area contributed by atoms with Crippen molar-refractivity contribution < 1.29 is 13.2 Å². The van der Waals surface area contributed by atoms with Crippen molar-refractivity contribution in [1.29, 1.82) is 0 Å². The monoisotopic (exact) mass is 353 g/mol. The van der Waals surface area contributed by atoms with Crippen LogP contribution in [0.1, 0.15) is 38.5 Å². The fourth-order valence-electron chi connectivity index (χ4n) is 3.08. The summed E-state index contributed by atoms with van der Waals surface area (Å²) in [4.78, 5) is 0. The minimum atomic E-state index is -3.16. The van der Waals surface area contributed by atoms with Gasteiger partial charge < -0.3 is 4.74 Å². The van der Waals surface area contributed by atoms with Crippen molar-refractivity contribution in [1.82, 2.24) is 4.72 Å². The second kappa shape index (κ2) is 7.38. The first-order valence-corrected chi connectivity index (χ1v) is 9.92. The number of hydrogen-bond acceptors (Lipinski definition) is 3. The summed E-state index contributed by atoms with van der Waals surface area (Å²) in [6.07, 6.45) is 6.12. The van der Waals surface area contributed by atoms with Crippen molar-refractivity contribution >= 4 is 26.0 Å². The van der Waals surface area contributed by atoms with Crippen LogP contribution < -0.4 is 4.72 Å². The summed E-state index contributed by atoms with van der Waals surface area (Å²) in [5, 5.41) is 0.726. The molecule has 1 N–H and O–H groups in total. The lowest BCUT2D eigenvalue weighted by Gasteiger charge is -2.31. The molecule has 1 saturated heterocycles. The highest BCUT2D eigenvalue weighted by Gasteiger charge is 2.30. The summed E-state index contributed by atoms with van der Waals surface area (Å²) in [7, 11) is -3.16. The van der Waals surface area contributed by atoms with E-state index in [-0.39, 0.29) is 5.25 Å². The van der Waals surface area contributed by atoms with E-state index in [4.69, 9.17) is 4.74 Å². The van der Waals surface area contributed by atoms with Gasteiger partial charge in [-0.25, -0.2) is 13.1 Å². The zero-order valence-corrected chi connectivity index (χ0v) is 13.7. The van der Waals surface area contributed by atoms with Gasteiger partial charge in [0.15, 0.2) is 0 Å². The first-order chi connectivity index (χ1) is 9.13. The van der Waals surface area contributed by atoms with Crippen molar-refractivity contribution in [2.75, 3.05) is 25.1 Å². The van der Waals surface area contributed by atoms with Crippen LogP contribution in [0.4, 0.5) is 0 Å². The second-order valence-electron chi connectivity index (χ2n) is 5.66. The van der Waals surface area contributed by atoms with Gasteiger partial charge in [0.25, 0.3) is 0 Å². The summed E-state index contributed by atoms with van der Waals surface area (Å²) in [5.74, 6) is 1.11. The van der Waals surface area contributed by atoms with Crippen molar-refractivity contribution in [2.24, 2.45) is 11.8 Å². The van der Waals surface area contributed by atoms with Gasteiger partial charge in [-0.1, -0.05) is 28.8 Å². The maximum absolute atomic E-state index is 12.2. The lowest BCUT2D eigenvalue weighted by Crippen LogP contribution is -2.41. The van der Waals surface area contributed by atoms with E-state index in [0.717, 1.165) is 11.8 Å². The standard InChI is InChI=1S/C13H24BrNO3S/c14-9-11-3-1-2-4-12(11)10-15-19(16,17)13-5-7-18-8-6-13/h11-13,15H,1-10H2. The number of nitrogens with one attached hydrogen (secondary N) is 1. The Labute approximate surface area is 124 Å². The smallest absolute Gasteiger partial charge is 0.214 e. The third kappa shape index (κ3) is 4.41. The third-order valence-corrected chi connectivity index (χ3v) is 7.17. The quantitative estimate of drug-likeness (QED) is 0.771. The predicted octanol–water partition coefficient (Wildman–Crippen LogP) is 2.29. The Balaban J connectivity index is 1.85. The minimum Gasteiger partial charge on any atom is -0.381 e. The van der Waals surface area contributed by atoms with Gasteiger partial charge in [0, 0.05) is 25.1 Å². The number of alkyl halides is 1. The molecule has 0 spiro atoms. The van der Waals surface area contributed by atoms with Crippen molar-refractivity contribution in [3.05, 3.63) is 0 Å². The Morgan fingerprint density at radius 3 is 2.32 bits per heavy atom. The van der Waals surface area contributed by atoms with E-state index in [9.17, 15) is 8.42 Å². The van der Waals surface area contributed by atoms with Crippen LogP contribution in [0, 0.1) is 11.8 Å². The average Bonchev–Trinajstić information content (AvgIpc) is 2.46. The Hall–Kier alpha value is 0.350. The van der Waals surface area contributed by atoms with E-state index in [2.05, 4.69) is 20.7 Å². The lowest BCUT2D eigenvalue weighted by atomic mass is 9.80. The minimum absolute atomic E-state index is 0.257. The molecule has 0 aromatic carbocycles. The predicted molar refractivity (Wildman–Crippen MR) is 80.0 cm³/mol. The molecule has 2 unspecified atom stereocenters. The van der Waals surface area contributed by atoms with Crippen LogP contribution in [0.5, 0.6) is 0 Å². The van der Waals surface area contributed by atoms with Crippen LogP contribution >= 0.6 is 15.9 Å². The van der Waals surface area contributed by atoms with E-state index in [0.29, 0.717) is 44.4 Å². The molecule has 2 aliphatic rings. The highest BCUT2D eigenvalue weighted by molar-refractivity contribution is 9.09. The highest BCUT2D eigenvalue weighted by atomic mass is 79.9. The fraction of sp³-hybridized carbons (Fsp3) is 1.00. The molecule has 1 aliphatic carbocycles. The maximum atomic E-state index is 12.2. The molecule has 0 aromatic heterocycles. The van der Waals surface area contributed by atoms with Crippen LogP contribution in [-0.2, 0) is 14.8 Å². The summed E-state index contributed by atoms with van der Waals surface area (Å²) >= 11 is 3.55. The van der Waals surface area contributed by atoms with Gasteiger partial charge in [0.05, 0.1) is 5.25 Å². The number of halogens is 1. The Kier molecular flexibility index (Phi) is 6.11. The van der Waals surface area contributed by atoms with Crippen LogP contribution in [0.15, 0.2) is 0 Å². The van der Waals surface area contributed by atoms with Gasteiger partial charge in [0.1, 0.15) is 0 Å². The zero-order valence-electron chi connectivity index (χ0n) is 11.3. The molecule has 19 heavy (non-hydrogen) atoms. The SMILES string of the molecule is O=S(=O)(NCC1CCCCC1CBr)C1CCOCC1. The fourth-order valence-corrected chi connectivity index (χ4v) is 5.43. The molecule has 1 aliphatic heterocycles. The summed E-state index contributed by atoms with van der Waals surface area (Å²) in [6, 6.07) is 0. The first kappa shape index (κ1) is 15.7. The first-order valence-electron chi connectivity index (χ1n) is 7.25. The molecule has 0 bridgehead atoms. The van der Waals surface area contributed by atoms with Gasteiger partial charge in [-0.2, -0.15) is 0 Å². The maximum Gasteiger partial charge on any atom is 0.214 e. The Morgan fingerprint density at radius 1 is 1.05 bits per heavy atom. The molecule has 4 nitrogen and oxygen atoms in total. The van der Waals surface area contributed by atoms with E-state index in [1.807, 2.05) is 0 Å². The molecule has 0 amide bonds. The molecule has 1 saturated carbocycles. The highest BCUT2D eigenvalue weighted by Crippen LogP contribution is 2.31. The summed E-state index contributed by atoms with van der Waals surface area (Å²) in [6.45, 7) is 1.74. The Morgan fingerprint density at radius 2 is 1.68 bits per heavy atom. The molecule has 112 valence electrons. The molecule has 2 rings (SSSR count). The number of ether oxygens (including phenoxy) is 1. The molecule has 2 fully saturated rings. The number of hydrogen-bond donors (Lipinski definition) is 1. The van der Waals surface area contributed by atoms with Crippen molar-refractivity contribution in [3.63, 3.8) is 0 Å². The van der Waals surface area contributed by atoms with Crippen LogP contribution in [-0.4, -0.2) is 38.8 Å². The Bertz CT molecular complexity index is 368. The van der Waals surface area contributed by atoms with Gasteiger partial charge in [0.2, 0.25) is 10.0 Å². The summed E-state index contributed by atoms with van der Waals surface area (Å²) < 4.78 is 32.6. The van der Waals surface area contributed by atoms with Gasteiger partial charge in [-0.15, -0.1) is 0 Å². The lowest BCUT2D eigenvalue weighted by molar-refractivity contribution is 0.0981. The van der Waals surface area contributed by atoms with Crippen molar-refractivity contribution in [3.8, 4) is 0 Å². The van der Waals surface area contributed by atoms with E-state index in [1.165, 1.54) is 19.3 Å². The van der Waals surface area contributed by atoms with Crippen LogP contribution in [0.3, 0.4) is 0 Å². The molecule has 2 atom stereocenters. The topological polar surface area (TPSA) is 55.4 Å². The van der Waals surface area contributed by atoms with Crippen LogP contribution in [0.2, 0.25) is 0 Å². The van der Waals surface area contributed by atoms with Crippen LogP contribution in [0.25, 0.3) is 0 Å². The van der Waals surface area contributed by atoms with Gasteiger partial charge >= 0.3 is 0 Å². The molecular formula is C13H24BrNO3S. The summed E-state index contributed by atoms with van der Waals surface area (Å²) in [5.41, 5.74) is 0. The molecule has 0 aromatic rings.